The second kappa shape index (κ2) is 52.8. The van der Waals surface area contributed by atoms with Gasteiger partial charge in [-0.25, -0.2) is 0 Å². The number of hydrogen-bond donors (Lipinski definition) is 0. The van der Waals surface area contributed by atoms with Crippen LogP contribution in [0.25, 0.3) is 0 Å². The number of rotatable bonds is 41. The molecule has 7 atom stereocenters. The molecule has 2 aliphatic heterocycles. The zero-order valence-corrected chi connectivity index (χ0v) is 59.5. The van der Waals surface area contributed by atoms with Gasteiger partial charge in [-0.2, -0.15) is 0 Å². The number of esters is 3. The van der Waals surface area contributed by atoms with Gasteiger partial charge in [0, 0.05) is 122 Å². The van der Waals surface area contributed by atoms with Gasteiger partial charge >= 0.3 is 53.1 Å². The summed E-state index contributed by atoms with van der Waals surface area (Å²) >= 11 is 0. The minimum atomic E-state index is -2.59. The molecule has 82 heavy (non-hydrogen) atoms. The molecule has 21 nitrogen and oxygen atoms in total. The van der Waals surface area contributed by atoms with Crippen LogP contribution in [0.4, 0.5) is 0 Å². The molecule has 25 heteroatoms. The van der Waals surface area contributed by atoms with Gasteiger partial charge in [-0.05, 0) is 90.9 Å². The van der Waals surface area contributed by atoms with E-state index in [1.165, 1.54) is 38.5 Å². The smallest absolute Gasteiger partial charge is 0.466 e. The molecule has 0 aromatic heterocycles. The number of hydrogen-bond acceptors (Lipinski definition) is 21. The van der Waals surface area contributed by atoms with Crippen LogP contribution in [-0.2, 0) is 95.9 Å². The SMILES string of the molecule is CCC(C)C(=O)OCCC[Si](OC)(OC)OC.CCCC(=O)OCCC[Si](OC)(OC)OC.CCCC(OC)C1CO1.CCCC1CCC2OC2C1.CCC[Si](OC)(OC)OC.CCO[Si](CCCOC(=O)C(C)CC)(OCC)OCC. The number of ether oxygens (including phenoxy) is 6. The van der Waals surface area contributed by atoms with E-state index in [0.29, 0.717) is 108 Å². The van der Waals surface area contributed by atoms with Crippen LogP contribution in [0.1, 0.15) is 172 Å². The van der Waals surface area contributed by atoms with Crippen molar-refractivity contribution in [3.63, 3.8) is 0 Å². The normalized spacial score (nSPS) is 18.3. The van der Waals surface area contributed by atoms with Crippen molar-refractivity contribution in [3.05, 3.63) is 0 Å². The third-order valence-electron chi connectivity index (χ3n) is 14.0. The molecule has 7 unspecified atom stereocenters. The van der Waals surface area contributed by atoms with Crippen molar-refractivity contribution in [1.29, 1.82) is 0 Å². The summed E-state index contributed by atoms with van der Waals surface area (Å²) in [5, 5.41) is 0. The fourth-order valence-electron chi connectivity index (χ4n) is 8.44. The molecular weight excluding hydrogens is 1130 g/mol. The monoisotopic (exact) mass is 1250 g/mol. The Morgan fingerprint density at radius 2 is 0.890 bits per heavy atom. The van der Waals surface area contributed by atoms with Crippen molar-refractivity contribution in [2.45, 2.75) is 221 Å². The first-order valence-corrected chi connectivity index (χ1v) is 38.2. The second-order valence-corrected chi connectivity index (χ2v) is 32.0. The van der Waals surface area contributed by atoms with Gasteiger partial charge in [-0.15, -0.1) is 0 Å². The van der Waals surface area contributed by atoms with Crippen LogP contribution < -0.4 is 0 Å². The van der Waals surface area contributed by atoms with Crippen LogP contribution in [0.2, 0.25) is 24.2 Å². The van der Waals surface area contributed by atoms with E-state index in [4.69, 9.17) is 81.5 Å². The van der Waals surface area contributed by atoms with Crippen molar-refractivity contribution in [2.75, 3.05) is 117 Å². The maximum Gasteiger partial charge on any atom is 0.501 e. The Kier molecular flexibility index (Phi) is 54.6. The van der Waals surface area contributed by atoms with Crippen LogP contribution in [0.3, 0.4) is 0 Å². The molecule has 0 amide bonds. The highest BCUT2D eigenvalue weighted by Gasteiger charge is 2.44. The van der Waals surface area contributed by atoms with E-state index in [0.717, 1.165) is 50.7 Å². The zero-order valence-electron chi connectivity index (χ0n) is 55.5. The molecule has 3 aliphatic rings. The standard InChI is InChI=1S/C14H30O5Si.C11H24O5Si.C10H22O5Si.C9H16O.C7H14O2.C6H16O3Si/c1-6-13(5)14(15)16-11-10-12-20(17-7-2,18-8-3)19-9-4;1-6-10(2)11(12)16-8-7-9-17(13-3,14-4)15-5;1-5-7-10(11)15-8-6-9-16(12-2,13-3)14-4;1-2-3-7-4-5-8-9(6-7)10-8;1-3-4-6(8-2)7-5-9-7;1-5-6-10(7-2,8-3)9-4/h13H,6-12H2,1-5H3;10H,6-9H2,1-5H3;5-9H2,1-4H3;7-9H,2-6H2,1H3;6-7H,3-5H2,1-2H3;5-6H2,1-4H3. The molecule has 0 aromatic carbocycles. The van der Waals surface area contributed by atoms with E-state index in [2.05, 4.69) is 20.8 Å². The minimum absolute atomic E-state index is 0.0377. The van der Waals surface area contributed by atoms with E-state index in [1.54, 1.807) is 71.1 Å². The van der Waals surface area contributed by atoms with Crippen molar-refractivity contribution in [1.82, 2.24) is 0 Å². The Bertz CT molecular complexity index is 1450. The maximum atomic E-state index is 11.6. The fraction of sp³-hybridized carbons (Fsp3) is 0.947. The molecule has 3 fully saturated rings. The molecule has 0 bridgehead atoms. The maximum absolute atomic E-state index is 11.6. The molecule has 0 spiro atoms. The summed E-state index contributed by atoms with van der Waals surface area (Å²) in [7, 11) is 6.26. The molecule has 492 valence electrons. The van der Waals surface area contributed by atoms with Gasteiger partial charge in [0.1, 0.15) is 6.10 Å². The highest BCUT2D eigenvalue weighted by Crippen LogP contribution is 2.40. The third kappa shape index (κ3) is 38.8. The van der Waals surface area contributed by atoms with E-state index >= 15 is 0 Å². The van der Waals surface area contributed by atoms with Gasteiger partial charge in [-0.1, -0.05) is 81.1 Å². The third-order valence-corrected chi connectivity index (χ3v) is 25.8. The Labute approximate surface area is 503 Å². The lowest BCUT2D eigenvalue weighted by molar-refractivity contribution is -0.148. The van der Waals surface area contributed by atoms with Gasteiger partial charge in [0.2, 0.25) is 0 Å². The average molecular weight is 1260 g/mol. The summed E-state index contributed by atoms with van der Waals surface area (Å²) in [6.45, 7) is 25.7. The quantitative estimate of drug-likeness (QED) is 0.0182. The second-order valence-electron chi connectivity index (χ2n) is 20.0. The average Bonchev–Trinajstić information content (AvgIpc) is 4.56. The molecule has 0 radical (unpaired) electrons. The topological polar surface area (TPSA) is 224 Å². The Morgan fingerprint density at radius 1 is 0.488 bits per heavy atom. The van der Waals surface area contributed by atoms with Gasteiger partial charge in [0.15, 0.2) is 0 Å². The molecule has 1 saturated carbocycles. The van der Waals surface area contributed by atoms with Gasteiger partial charge in [0.05, 0.1) is 56.6 Å². The van der Waals surface area contributed by atoms with Crippen LogP contribution in [0.15, 0.2) is 0 Å². The highest BCUT2D eigenvalue weighted by molar-refractivity contribution is 6.61. The lowest BCUT2D eigenvalue weighted by Gasteiger charge is -2.28. The lowest BCUT2D eigenvalue weighted by atomic mass is 9.86. The Hall–Kier alpha value is -1.32. The number of carbonyl (C=O) groups excluding carboxylic acids is 3. The van der Waals surface area contributed by atoms with Crippen molar-refractivity contribution < 1.29 is 95.9 Å². The van der Waals surface area contributed by atoms with Crippen LogP contribution >= 0.6 is 0 Å². The van der Waals surface area contributed by atoms with Crippen LogP contribution in [0.5, 0.6) is 0 Å². The Balaban J connectivity index is -0.000000933. The van der Waals surface area contributed by atoms with E-state index in [-0.39, 0.29) is 29.7 Å². The summed E-state index contributed by atoms with van der Waals surface area (Å²) in [4.78, 5) is 34.0. The van der Waals surface area contributed by atoms with E-state index < -0.39 is 35.2 Å². The largest absolute Gasteiger partial charge is 0.501 e. The van der Waals surface area contributed by atoms with Crippen LogP contribution in [0, 0.1) is 17.8 Å². The summed E-state index contributed by atoms with van der Waals surface area (Å²) in [6, 6.07) is 2.85. The number of epoxide rings is 2. The van der Waals surface area contributed by atoms with Gasteiger partial charge in [-0.3, -0.25) is 14.4 Å². The number of methoxy groups -OCH3 is 1. The Morgan fingerprint density at radius 3 is 1.20 bits per heavy atom. The molecule has 2 heterocycles. The summed E-state index contributed by atoms with van der Waals surface area (Å²) < 4.78 is 95.4. The zero-order chi connectivity index (χ0) is 62.9. The molecule has 2 saturated heterocycles. The van der Waals surface area contributed by atoms with Gasteiger partial charge < -0.3 is 81.5 Å². The number of carbonyl (C=O) groups is 3. The molecular formula is C57H122O21Si4. The van der Waals surface area contributed by atoms with E-state index in [9.17, 15) is 14.4 Å². The molecule has 0 N–H and O–H groups in total. The molecule has 0 aromatic rings. The van der Waals surface area contributed by atoms with E-state index in [1.807, 2.05) is 55.4 Å². The van der Waals surface area contributed by atoms with Crippen molar-refractivity contribution in [2.24, 2.45) is 17.8 Å². The lowest BCUT2D eigenvalue weighted by Crippen LogP contribution is -2.46. The predicted octanol–water partition coefficient (Wildman–Crippen LogP) is 11.3. The number of fused-ring (bicyclic) bond motifs is 1. The summed E-state index contributed by atoms with van der Waals surface area (Å²) in [5.74, 6) is 0.485. The summed E-state index contributed by atoms with van der Waals surface area (Å²) in [5.41, 5.74) is 0. The van der Waals surface area contributed by atoms with Crippen molar-refractivity contribution >= 4 is 53.1 Å². The first kappa shape index (κ1) is 84.9. The first-order chi connectivity index (χ1) is 39.3. The predicted molar refractivity (Wildman–Crippen MR) is 327 cm³/mol. The van der Waals surface area contributed by atoms with Crippen LogP contribution in [-0.4, -0.2) is 195 Å². The molecule has 1 aliphatic carbocycles. The highest BCUT2D eigenvalue weighted by atomic mass is 28.4. The first-order valence-electron chi connectivity index (χ1n) is 30.4. The fourth-order valence-corrected chi connectivity index (χ4v) is 16.1. The van der Waals surface area contributed by atoms with Crippen molar-refractivity contribution in [3.8, 4) is 0 Å². The minimum Gasteiger partial charge on any atom is -0.466 e. The molecule has 3 rings (SSSR count). The summed E-state index contributed by atoms with van der Waals surface area (Å²) in [6.07, 6.45) is 17.3. The van der Waals surface area contributed by atoms with Gasteiger partial charge in [0.25, 0.3) is 0 Å².